The minimum absolute atomic E-state index is 0.0463. The molecule has 0 aliphatic carbocycles. The van der Waals surface area contributed by atoms with Gasteiger partial charge in [-0.25, -0.2) is 4.39 Å². The number of benzene rings is 2. The topological polar surface area (TPSA) is 26.8 Å². The van der Waals surface area contributed by atoms with Gasteiger partial charge in [0.1, 0.15) is 5.82 Å². The van der Waals surface area contributed by atoms with Crippen LogP contribution in [0.3, 0.4) is 0 Å². The van der Waals surface area contributed by atoms with Crippen LogP contribution in [0, 0.1) is 5.82 Å². The van der Waals surface area contributed by atoms with Crippen molar-refractivity contribution >= 4 is 5.91 Å². The van der Waals surface area contributed by atoms with Crippen LogP contribution in [0.5, 0.6) is 0 Å². The number of halogens is 1. The van der Waals surface area contributed by atoms with Crippen molar-refractivity contribution in [3.63, 3.8) is 0 Å². The first-order chi connectivity index (χ1) is 13.4. The molecule has 1 unspecified atom stereocenters. The summed E-state index contributed by atoms with van der Waals surface area (Å²) in [4.78, 5) is 20.0. The SMILES string of the molecule is CC1(C)CN(C(=O)c2ccccc2)CC2CN(Cc3ccc(F)cc3)CCN21. The first-order valence-corrected chi connectivity index (χ1v) is 10.0. The third-order valence-corrected chi connectivity index (χ3v) is 5.98. The van der Waals surface area contributed by atoms with Crippen molar-refractivity contribution in [3.8, 4) is 0 Å². The summed E-state index contributed by atoms with van der Waals surface area (Å²) in [7, 11) is 0. The number of hydrogen-bond acceptors (Lipinski definition) is 3. The summed E-state index contributed by atoms with van der Waals surface area (Å²) < 4.78 is 13.2. The molecule has 0 N–H and O–H groups in total. The van der Waals surface area contributed by atoms with E-state index in [0.717, 1.165) is 50.4 Å². The highest BCUT2D eigenvalue weighted by Gasteiger charge is 2.43. The number of carbonyl (C=O) groups is 1. The van der Waals surface area contributed by atoms with Gasteiger partial charge < -0.3 is 4.90 Å². The zero-order valence-electron chi connectivity index (χ0n) is 16.6. The van der Waals surface area contributed by atoms with Crippen molar-refractivity contribution in [2.24, 2.45) is 0 Å². The summed E-state index contributed by atoms with van der Waals surface area (Å²) in [6.45, 7) is 9.68. The molecule has 0 aromatic heterocycles. The van der Waals surface area contributed by atoms with Gasteiger partial charge in [-0.3, -0.25) is 14.6 Å². The van der Waals surface area contributed by atoms with E-state index in [1.807, 2.05) is 47.4 Å². The summed E-state index contributed by atoms with van der Waals surface area (Å²) in [5, 5.41) is 0. The van der Waals surface area contributed by atoms with Gasteiger partial charge in [0.05, 0.1) is 0 Å². The van der Waals surface area contributed by atoms with Crippen LogP contribution in [0.2, 0.25) is 0 Å². The molecule has 148 valence electrons. The maximum atomic E-state index is 13.2. The maximum Gasteiger partial charge on any atom is 0.253 e. The Kier molecular flexibility index (Phi) is 5.21. The largest absolute Gasteiger partial charge is 0.335 e. The Morgan fingerprint density at radius 3 is 2.46 bits per heavy atom. The number of amides is 1. The Hall–Kier alpha value is -2.24. The van der Waals surface area contributed by atoms with Crippen LogP contribution in [0.15, 0.2) is 54.6 Å². The molecule has 4 nitrogen and oxygen atoms in total. The van der Waals surface area contributed by atoms with E-state index >= 15 is 0 Å². The van der Waals surface area contributed by atoms with E-state index in [4.69, 9.17) is 0 Å². The average molecular weight is 381 g/mol. The molecular weight excluding hydrogens is 353 g/mol. The summed E-state index contributed by atoms with van der Waals surface area (Å²) in [6, 6.07) is 16.6. The quantitative estimate of drug-likeness (QED) is 0.817. The highest BCUT2D eigenvalue weighted by atomic mass is 19.1. The molecule has 0 bridgehead atoms. The maximum absolute atomic E-state index is 13.2. The fourth-order valence-corrected chi connectivity index (χ4v) is 4.66. The van der Waals surface area contributed by atoms with E-state index in [2.05, 4.69) is 23.6 Å². The molecule has 28 heavy (non-hydrogen) atoms. The van der Waals surface area contributed by atoms with E-state index in [1.165, 1.54) is 12.1 Å². The summed E-state index contributed by atoms with van der Waals surface area (Å²) in [6.07, 6.45) is 0. The fraction of sp³-hybridized carbons (Fsp3) is 0.435. The van der Waals surface area contributed by atoms with Crippen molar-refractivity contribution in [1.82, 2.24) is 14.7 Å². The Labute approximate surface area is 166 Å². The highest BCUT2D eigenvalue weighted by Crippen LogP contribution is 2.29. The number of piperazine rings is 2. The Morgan fingerprint density at radius 2 is 1.75 bits per heavy atom. The minimum atomic E-state index is -0.197. The lowest BCUT2D eigenvalue weighted by atomic mass is 9.92. The smallest absolute Gasteiger partial charge is 0.253 e. The van der Waals surface area contributed by atoms with E-state index < -0.39 is 0 Å². The number of fused-ring (bicyclic) bond motifs is 1. The fourth-order valence-electron chi connectivity index (χ4n) is 4.66. The normalized spacial score (nSPS) is 22.7. The standard InChI is InChI=1S/C23H28FN3O/c1-23(2)17-26(22(28)19-6-4-3-5-7-19)16-21-15-25(12-13-27(21)23)14-18-8-10-20(24)11-9-18/h3-11,21H,12-17H2,1-2H3. The van der Waals surface area contributed by atoms with Crippen molar-refractivity contribution in [1.29, 1.82) is 0 Å². The molecule has 2 aliphatic rings. The third-order valence-electron chi connectivity index (χ3n) is 5.98. The van der Waals surface area contributed by atoms with Gasteiger partial charge in [0.25, 0.3) is 5.91 Å². The zero-order valence-corrected chi connectivity index (χ0v) is 16.6. The van der Waals surface area contributed by atoms with Crippen LogP contribution in [0.25, 0.3) is 0 Å². The van der Waals surface area contributed by atoms with Crippen LogP contribution in [0.1, 0.15) is 29.8 Å². The van der Waals surface area contributed by atoms with E-state index in [9.17, 15) is 9.18 Å². The van der Waals surface area contributed by atoms with Crippen molar-refractivity contribution in [3.05, 3.63) is 71.5 Å². The average Bonchev–Trinajstić information content (AvgIpc) is 2.69. The molecule has 2 fully saturated rings. The molecule has 2 aliphatic heterocycles. The summed E-state index contributed by atoms with van der Waals surface area (Å²) in [5.74, 6) is -0.0818. The first-order valence-electron chi connectivity index (χ1n) is 10.0. The van der Waals surface area contributed by atoms with Gasteiger partial charge in [0.2, 0.25) is 0 Å². The van der Waals surface area contributed by atoms with Crippen LogP contribution >= 0.6 is 0 Å². The molecule has 2 aromatic carbocycles. The lowest BCUT2D eigenvalue weighted by molar-refractivity contribution is -0.0577. The minimum Gasteiger partial charge on any atom is -0.335 e. The Bertz CT molecular complexity index is 822. The van der Waals surface area contributed by atoms with Crippen LogP contribution in [-0.4, -0.2) is 64.9 Å². The predicted octanol–water partition coefficient (Wildman–Crippen LogP) is 3.25. The lowest BCUT2D eigenvalue weighted by Crippen LogP contribution is -2.70. The van der Waals surface area contributed by atoms with Crippen molar-refractivity contribution in [2.45, 2.75) is 32.0 Å². The third kappa shape index (κ3) is 3.96. The Balaban J connectivity index is 1.47. The van der Waals surface area contributed by atoms with Crippen LogP contribution in [0.4, 0.5) is 4.39 Å². The monoisotopic (exact) mass is 381 g/mol. The molecule has 2 saturated heterocycles. The van der Waals surface area contributed by atoms with E-state index in [1.54, 1.807) is 0 Å². The molecule has 0 spiro atoms. The Morgan fingerprint density at radius 1 is 1.04 bits per heavy atom. The van der Waals surface area contributed by atoms with Gasteiger partial charge in [-0.2, -0.15) is 0 Å². The summed E-state index contributed by atoms with van der Waals surface area (Å²) in [5.41, 5.74) is 1.84. The predicted molar refractivity (Wildman–Crippen MR) is 109 cm³/mol. The lowest BCUT2D eigenvalue weighted by Gasteiger charge is -2.55. The number of rotatable bonds is 3. The molecule has 0 radical (unpaired) electrons. The molecule has 2 aromatic rings. The zero-order chi connectivity index (χ0) is 19.7. The summed E-state index contributed by atoms with van der Waals surface area (Å²) >= 11 is 0. The van der Waals surface area contributed by atoms with E-state index in [0.29, 0.717) is 6.04 Å². The second kappa shape index (κ2) is 7.64. The molecule has 5 heteroatoms. The van der Waals surface area contributed by atoms with E-state index in [-0.39, 0.29) is 17.3 Å². The highest BCUT2D eigenvalue weighted by molar-refractivity contribution is 5.94. The molecule has 2 heterocycles. The van der Waals surface area contributed by atoms with Gasteiger partial charge in [0, 0.05) is 56.4 Å². The molecular formula is C23H28FN3O. The number of nitrogens with zero attached hydrogens (tertiary/aromatic N) is 3. The van der Waals surface area contributed by atoms with Gasteiger partial charge in [-0.1, -0.05) is 30.3 Å². The molecule has 4 rings (SSSR count). The van der Waals surface area contributed by atoms with Crippen molar-refractivity contribution < 1.29 is 9.18 Å². The number of hydrogen-bond donors (Lipinski definition) is 0. The van der Waals surface area contributed by atoms with Gasteiger partial charge in [-0.05, 0) is 43.7 Å². The molecule has 0 saturated carbocycles. The second-order valence-electron chi connectivity index (χ2n) is 8.57. The second-order valence-corrected chi connectivity index (χ2v) is 8.57. The van der Waals surface area contributed by atoms with Crippen LogP contribution < -0.4 is 0 Å². The van der Waals surface area contributed by atoms with Gasteiger partial charge in [0.15, 0.2) is 0 Å². The van der Waals surface area contributed by atoms with Gasteiger partial charge >= 0.3 is 0 Å². The van der Waals surface area contributed by atoms with Crippen molar-refractivity contribution in [2.75, 3.05) is 32.7 Å². The number of carbonyl (C=O) groups excluding carboxylic acids is 1. The molecule has 1 amide bonds. The van der Waals surface area contributed by atoms with Crippen LogP contribution in [-0.2, 0) is 6.54 Å². The molecule has 1 atom stereocenters. The van der Waals surface area contributed by atoms with Gasteiger partial charge in [-0.15, -0.1) is 0 Å². The first kappa shape index (κ1) is 19.1.